The van der Waals surface area contributed by atoms with Crippen molar-refractivity contribution < 1.29 is 14.3 Å². The number of hydrogen-bond donors (Lipinski definition) is 1. The quantitative estimate of drug-likeness (QED) is 0.941. The normalized spacial score (nSPS) is 28.3. The number of nitrogens with zero attached hydrogens (tertiary/aromatic N) is 2. The van der Waals surface area contributed by atoms with E-state index in [1.54, 1.807) is 17.6 Å². The first-order valence-corrected chi connectivity index (χ1v) is 8.07. The molecule has 2 aromatic heterocycles. The van der Waals surface area contributed by atoms with Gasteiger partial charge in [0.15, 0.2) is 0 Å². The van der Waals surface area contributed by atoms with Gasteiger partial charge in [-0.15, -0.1) is 11.3 Å². The third-order valence-corrected chi connectivity index (χ3v) is 5.48. The van der Waals surface area contributed by atoms with Crippen molar-refractivity contribution in [1.29, 1.82) is 0 Å². The molecule has 5 nitrogen and oxygen atoms in total. The molecule has 3 unspecified atom stereocenters. The van der Waals surface area contributed by atoms with Crippen molar-refractivity contribution in [2.24, 2.45) is 5.92 Å². The molecule has 0 aliphatic carbocycles. The Labute approximate surface area is 126 Å². The second-order valence-corrected chi connectivity index (χ2v) is 6.72. The van der Waals surface area contributed by atoms with Crippen molar-refractivity contribution >= 4 is 17.3 Å². The maximum absolute atomic E-state index is 11.3. The molecule has 4 heterocycles. The van der Waals surface area contributed by atoms with Crippen molar-refractivity contribution in [2.75, 3.05) is 0 Å². The Bertz CT molecular complexity index is 652. The van der Waals surface area contributed by atoms with Gasteiger partial charge in [0.25, 0.3) is 0 Å². The van der Waals surface area contributed by atoms with Crippen LogP contribution in [0.3, 0.4) is 0 Å². The lowest BCUT2D eigenvalue weighted by molar-refractivity contribution is -0.142. The molecule has 0 aromatic carbocycles. The van der Waals surface area contributed by atoms with Crippen LogP contribution in [0.25, 0.3) is 10.8 Å². The lowest BCUT2D eigenvalue weighted by atomic mass is 9.89. The van der Waals surface area contributed by atoms with Gasteiger partial charge in [-0.2, -0.15) is 0 Å². The number of carbonyl (C=O) groups is 1. The standard InChI is InChI=1S/C15H16N2O3S/c18-15(19)11-6-10-3-4-12(11)17(10)7-9-8-20-14(16-9)13-2-1-5-21-13/h1-2,5,8,10-12H,3-4,6-7H2,(H,18,19). The van der Waals surface area contributed by atoms with E-state index in [1.165, 1.54) is 0 Å². The minimum Gasteiger partial charge on any atom is -0.481 e. The van der Waals surface area contributed by atoms with Gasteiger partial charge in [-0.1, -0.05) is 6.07 Å². The molecule has 2 bridgehead atoms. The van der Waals surface area contributed by atoms with Crippen LogP contribution in [0.1, 0.15) is 25.0 Å². The summed E-state index contributed by atoms with van der Waals surface area (Å²) < 4.78 is 5.54. The van der Waals surface area contributed by atoms with Gasteiger partial charge < -0.3 is 9.52 Å². The number of rotatable bonds is 4. The highest BCUT2D eigenvalue weighted by molar-refractivity contribution is 7.13. The zero-order valence-electron chi connectivity index (χ0n) is 11.4. The highest BCUT2D eigenvalue weighted by Crippen LogP contribution is 2.42. The maximum Gasteiger partial charge on any atom is 0.308 e. The van der Waals surface area contributed by atoms with Gasteiger partial charge in [-0.05, 0) is 30.7 Å². The monoisotopic (exact) mass is 304 g/mol. The summed E-state index contributed by atoms with van der Waals surface area (Å²) in [5.74, 6) is -0.222. The van der Waals surface area contributed by atoms with Crippen molar-refractivity contribution in [3.8, 4) is 10.8 Å². The fraction of sp³-hybridized carbons (Fsp3) is 0.467. The highest BCUT2D eigenvalue weighted by atomic mass is 32.1. The molecular formula is C15H16N2O3S. The molecule has 110 valence electrons. The average Bonchev–Trinajstić information content (AvgIpc) is 3.22. The Kier molecular flexibility index (Phi) is 3.08. The van der Waals surface area contributed by atoms with Crippen molar-refractivity contribution in [1.82, 2.24) is 9.88 Å². The Morgan fingerprint density at radius 3 is 3.14 bits per heavy atom. The molecule has 6 heteroatoms. The molecule has 1 N–H and O–H groups in total. The summed E-state index contributed by atoms with van der Waals surface area (Å²) >= 11 is 1.60. The van der Waals surface area contributed by atoms with Crippen molar-refractivity contribution in [3.63, 3.8) is 0 Å². The second kappa shape index (κ2) is 4.96. The van der Waals surface area contributed by atoms with Gasteiger partial charge in [0.05, 0.1) is 16.5 Å². The summed E-state index contributed by atoms with van der Waals surface area (Å²) in [6.45, 7) is 0.688. The molecule has 2 aliphatic rings. The third kappa shape index (κ3) is 2.18. The Hall–Kier alpha value is -1.66. The zero-order valence-corrected chi connectivity index (χ0v) is 12.3. The summed E-state index contributed by atoms with van der Waals surface area (Å²) in [6, 6.07) is 4.51. The number of carboxylic acid groups (broad SMARTS) is 1. The molecular weight excluding hydrogens is 288 g/mol. The second-order valence-electron chi connectivity index (χ2n) is 5.77. The summed E-state index contributed by atoms with van der Waals surface area (Å²) in [6.07, 6.45) is 4.56. The number of hydrogen-bond acceptors (Lipinski definition) is 5. The number of carboxylic acids is 1. The summed E-state index contributed by atoms with van der Waals surface area (Å²) in [5.41, 5.74) is 0.890. The summed E-state index contributed by atoms with van der Waals surface area (Å²) in [7, 11) is 0. The SMILES string of the molecule is O=C(O)C1CC2CCC1N2Cc1coc(-c2cccs2)n1. The van der Waals surface area contributed by atoms with E-state index in [-0.39, 0.29) is 12.0 Å². The predicted octanol–water partition coefficient (Wildman–Crippen LogP) is 2.84. The molecule has 0 spiro atoms. The van der Waals surface area contributed by atoms with Gasteiger partial charge in [0, 0.05) is 18.6 Å². The van der Waals surface area contributed by atoms with Crippen LogP contribution in [-0.4, -0.2) is 33.0 Å². The number of aromatic nitrogens is 1. The van der Waals surface area contributed by atoms with Crippen molar-refractivity contribution in [2.45, 2.75) is 37.9 Å². The molecule has 3 atom stereocenters. The lowest BCUT2D eigenvalue weighted by Gasteiger charge is -2.21. The molecule has 0 amide bonds. The van der Waals surface area contributed by atoms with Crippen LogP contribution in [-0.2, 0) is 11.3 Å². The topological polar surface area (TPSA) is 66.6 Å². The minimum atomic E-state index is -0.661. The first-order chi connectivity index (χ1) is 10.2. The summed E-state index contributed by atoms with van der Waals surface area (Å²) in [4.78, 5) is 19.1. The first-order valence-electron chi connectivity index (χ1n) is 7.19. The van der Waals surface area contributed by atoms with Crippen LogP contribution in [0.5, 0.6) is 0 Å². The van der Waals surface area contributed by atoms with Crippen LogP contribution in [0.2, 0.25) is 0 Å². The number of thiophene rings is 1. The molecule has 2 aromatic rings. The van der Waals surface area contributed by atoms with Crippen LogP contribution >= 0.6 is 11.3 Å². The van der Waals surface area contributed by atoms with Crippen molar-refractivity contribution in [3.05, 3.63) is 29.5 Å². The smallest absolute Gasteiger partial charge is 0.308 e. The fourth-order valence-electron chi connectivity index (χ4n) is 3.69. The number of aliphatic carboxylic acids is 1. The molecule has 21 heavy (non-hydrogen) atoms. The zero-order chi connectivity index (χ0) is 14.4. The van der Waals surface area contributed by atoms with E-state index in [0.717, 1.165) is 29.8 Å². The van der Waals surface area contributed by atoms with Gasteiger partial charge in [0.2, 0.25) is 5.89 Å². The van der Waals surface area contributed by atoms with Crippen LogP contribution in [0.4, 0.5) is 0 Å². The number of fused-ring (bicyclic) bond motifs is 2. The van der Waals surface area contributed by atoms with E-state index in [2.05, 4.69) is 9.88 Å². The average molecular weight is 304 g/mol. The Morgan fingerprint density at radius 2 is 2.43 bits per heavy atom. The van der Waals surface area contributed by atoms with E-state index < -0.39 is 5.97 Å². The molecule has 0 radical (unpaired) electrons. The van der Waals surface area contributed by atoms with E-state index in [1.807, 2.05) is 17.5 Å². The van der Waals surface area contributed by atoms with Gasteiger partial charge in [0.1, 0.15) is 6.26 Å². The Morgan fingerprint density at radius 1 is 1.52 bits per heavy atom. The third-order valence-electron chi connectivity index (χ3n) is 4.63. The minimum absolute atomic E-state index is 0.161. The summed E-state index contributed by atoms with van der Waals surface area (Å²) in [5, 5.41) is 11.3. The first kappa shape index (κ1) is 13.0. The largest absolute Gasteiger partial charge is 0.481 e. The predicted molar refractivity (Wildman–Crippen MR) is 77.9 cm³/mol. The van der Waals surface area contributed by atoms with Gasteiger partial charge in [-0.25, -0.2) is 4.98 Å². The molecule has 2 fully saturated rings. The van der Waals surface area contributed by atoms with Crippen LogP contribution in [0.15, 0.2) is 28.2 Å². The molecule has 4 rings (SSSR count). The van der Waals surface area contributed by atoms with E-state index in [0.29, 0.717) is 18.5 Å². The van der Waals surface area contributed by atoms with E-state index in [4.69, 9.17) is 4.42 Å². The van der Waals surface area contributed by atoms with Crippen LogP contribution < -0.4 is 0 Å². The highest BCUT2D eigenvalue weighted by Gasteiger charge is 2.49. The lowest BCUT2D eigenvalue weighted by Crippen LogP contribution is -2.32. The molecule has 0 saturated carbocycles. The molecule has 2 aliphatic heterocycles. The van der Waals surface area contributed by atoms with Gasteiger partial charge in [-0.3, -0.25) is 9.69 Å². The molecule has 2 saturated heterocycles. The van der Waals surface area contributed by atoms with Gasteiger partial charge >= 0.3 is 5.97 Å². The van der Waals surface area contributed by atoms with E-state index in [9.17, 15) is 9.90 Å². The maximum atomic E-state index is 11.3. The Balaban J connectivity index is 1.51. The number of oxazole rings is 1. The van der Waals surface area contributed by atoms with E-state index >= 15 is 0 Å². The van der Waals surface area contributed by atoms with Crippen LogP contribution in [0, 0.1) is 5.92 Å². The fourth-order valence-corrected chi connectivity index (χ4v) is 4.35.